The molecule has 0 aromatic heterocycles. The van der Waals surface area contributed by atoms with E-state index in [4.69, 9.17) is 4.74 Å². The highest BCUT2D eigenvalue weighted by Crippen LogP contribution is 2.31. The molecule has 0 aromatic carbocycles. The lowest BCUT2D eigenvalue weighted by Gasteiger charge is -2.33. The molecule has 1 rings (SSSR count). The maximum Gasteiger partial charge on any atom is 0.518 e. The van der Waals surface area contributed by atoms with Crippen LogP contribution in [0.5, 0.6) is 0 Å². The molecule has 1 aliphatic carbocycles. The number of carbonyl (C=O) groups excluding carboxylic acids is 1. The smallest absolute Gasteiger partial charge is 0.518 e. The van der Waals surface area contributed by atoms with Gasteiger partial charge in [-0.25, -0.2) is 0 Å². The van der Waals surface area contributed by atoms with Crippen molar-refractivity contribution in [3.8, 4) is 0 Å². The summed E-state index contributed by atoms with van der Waals surface area (Å²) in [4.78, 5) is 12.0. The van der Waals surface area contributed by atoms with Gasteiger partial charge in [-0.05, 0) is 57.8 Å². The molecule has 0 heterocycles. The Morgan fingerprint density at radius 3 is 2.38 bits per heavy atom. The number of nitrogens with zero attached hydrogens (tertiary/aromatic N) is 1. The Labute approximate surface area is 139 Å². The molecular weight excluding hydrogens is 351 g/mol. The summed E-state index contributed by atoms with van der Waals surface area (Å²) in [5.41, 5.74) is -6.31. The van der Waals surface area contributed by atoms with Gasteiger partial charge in [-0.2, -0.15) is 26.0 Å². The fourth-order valence-electron chi connectivity index (χ4n) is 2.18. The fourth-order valence-corrected chi connectivity index (χ4v) is 2.67. The Morgan fingerprint density at radius 1 is 1.29 bits per heavy atom. The minimum atomic E-state index is -5.85. The molecular formula is C14H21F3NO5S-. The third-order valence-electron chi connectivity index (χ3n) is 4.19. The molecule has 0 amide bonds. The summed E-state index contributed by atoms with van der Waals surface area (Å²) in [7, 11) is -5.85. The zero-order chi connectivity index (χ0) is 18.8. The van der Waals surface area contributed by atoms with Crippen LogP contribution in [0.3, 0.4) is 0 Å². The number of sulfonamides is 1. The molecule has 6 nitrogen and oxygen atoms in total. The maximum absolute atomic E-state index is 12.3. The number of carbonyl (C=O) groups is 1. The van der Waals surface area contributed by atoms with E-state index >= 15 is 0 Å². The normalized spacial score (nSPS) is 23.8. The summed E-state index contributed by atoms with van der Waals surface area (Å²) in [6.45, 7) is 5.22. The molecule has 0 aliphatic heterocycles. The van der Waals surface area contributed by atoms with Crippen LogP contribution in [0.25, 0.3) is 0 Å². The van der Waals surface area contributed by atoms with Crippen molar-refractivity contribution < 1.29 is 36.2 Å². The summed E-state index contributed by atoms with van der Waals surface area (Å²) in [5, 5.41) is 11.8. The van der Waals surface area contributed by atoms with E-state index in [1.807, 2.05) is 6.92 Å². The number of rotatable bonds is 5. The zero-order valence-electron chi connectivity index (χ0n) is 13.7. The first-order valence-corrected chi connectivity index (χ1v) is 9.03. The Morgan fingerprint density at radius 2 is 1.88 bits per heavy atom. The van der Waals surface area contributed by atoms with Gasteiger partial charge in [0.2, 0.25) is 0 Å². The van der Waals surface area contributed by atoms with Gasteiger partial charge in [0.25, 0.3) is 0 Å². The van der Waals surface area contributed by atoms with Crippen molar-refractivity contribution in [2.75, 3.05) is 0 Å². The number of alkyl halides is 3. The molecule has 0 aromatic rings. The van der Waals surface area contributed by atoms with E-state index in [9.17, 15) is 31.5 Å². The van der Waals surface area contributed by atoms with Crippen molar-refractivity contribution in [3.63, 3.8) is 0 Å². The average molecular weight is 372 g/mol. The van der Waals surface area contributed by atoms with E-state index in [1.54, 1.807) is 13.8 Å². The second-order valence-corrected chi connectivity index (χ2v) is 8.07. The highest BCUT2D eigenvalue weighted by Gasteiger charge is 2.46. The molecule has 1 aliphatic rings. The predicted octanol–water partition coefficient (Wildman–Crippen LogP) is 2.13. The molecule has 10 heteroatoms. The molecule has 0 radical (unpaired) electrons. The molecule has 140 valence electrons. The van der Waals surface area contributed by atoms with Crippen LogP contribution < -0.4 is 5.11 Å². The second-order valence-electron chi connectivity index (χ2n) is 6.48. The molecule has 0 saturated heterocycles. The highest BCUT2D eigenvalue weighted by atomic mass is 32.2. The molecule has 0 bridgehead atoms. The number of halogens is 3. The Hall–Kier alpha value is -1.32. The summed E-state index contributed by atoms with van der Waals surface area (Å²) < 4.78 is 66.4. The quantitative estimate of drug-likeness (QED) is 0.418. The first-order chi connectivity index (χ1) is 10.8. The summed E-state index contributed by atoms with van der Waals surface area (Å²) >= 11 is 0. The third kappa shape index (κ3) is 5.09. The van der Waals surface area contributed by atoms with Gasteiger partial charge in [0.15, 0.2) is 0 Å². The summed E-state index contributed by atoms with van der Waals surface area (Å²) in [6.07, 6.45) is 1.00. The van der Waals surface area contributed by atoms with Gasteiger partial charge in [0.05, 0.1) is 5.41 Å². The number of ether oxygens (including phenoxy) is 1. The average Bonchev–Trinajstić information content (AvgIpc) is 2.45. The molecule has 2 unspecified atom stereocenters. The van der Waals surface area contributed by atoms with E-state index in [-0.39, 0.29) is 12.8 Å². The lowest BCUT2D eigenvalue weighted by Crippen LogP contribution is -2.38. The maximum atomic E-state index is 12.3. The van der Waals surface area contributed by atoms with Gasteiger partial charge in [0, 0.05) is 0 Å². The van der Waals surface area contributed by atoms with Crippen LogP contribution in [0, 0.1) is 11.3 Å². The number of hydrogen-bond acceptors (Lipinski definition) is 5. The van der Waals surface area contributed by atoms with Gasteiger partial charge in [0.1, 0.15) is 6.10 Å². The van der Waals surface area contributed by atoms with Crippen molar-refractivity contribution >= 4 is 21.9 Å². The fraction of sp³-hybridized carbons (Fsp3) is 0.857. The van der Waals surface area contributed by atoms with E-state index in [1.165, 1.54) is 0 Å². The van der Waals surface area contributed by atoms with E-state index in [2.05, 4.69) is 4.40 Å². The van der Waals surface area contributed by atoms with Gasteiger partial charge >= 0.3 is 21.5 Å². The molecule has 0 N–H and O–H groups in total. The van der Waals surface area contributed by atoms with Gasteiger partial charge in [-0.15, -0.1) is 0 Å². The monoisotopic (exact) mass is 372 g/mol. The van der Waals surface area contributed by atoms with Gasteiger partial charge < -0.3 is 9.84 Å². The van der Waals surface area contributed by atoms with Crippen molar-refractivity contribution in [3.05, 3.63) is 0 Å². The summed E-state index contributed by atoms with van der Waals surface area (Å²) in [5.74, 6) is -2.80. The van der Waals surface area contributed by atoms with Crippen LogP contribution in [0.15, 0.2) is 4.40 Å². The first kappa shape index (κ1) is 20.7. The van der Waals surface area contributed by atoms with Crippen LogP contribution in [0.4, 0.5) is 13.2 Å². The van der Waals surface area contributed by atoms with Crippen LogP contribution in [0.2, 0.25) is 0 Å². The van der Waals surface area contributed by atoms with Gasteiger partial charge in [-0.1, -0.05) is 6.92 Å². The number of esters is 1. The van der Waals surface area contributed by atoms with Crippen LogP contribution in [0.1, 0.15) is 52.9 Å². The van der Waals surface area contributed by atoms with Crippen molar-refractivity contribution in [1.29, 1.82) is 0 Å². The minimum absolute atomic E-state index is 0.0265. The van der Waals surface area contributed by atoms with Crippen LogP contribution in [-0.4, -0.2) is 31.9 Å². The third-order valence-corrected chi connectivity index (χ3v) is 5.19. The lowest BCUT2D eigenvalue weighted by molar-refractivity contribution is -0.226. The Kier molecular flexibility index (Phi) is 6.29. The lowest BCUT2D eigenvalue weighted by atomic mass is 9.86. The van der Waals surface area contributed by atoms with E-state index in [0.717, 1.165) is 0 Å². The van der Waals surface area contributed by atoms with Crippen molar-refractivity contribution in [2.45, 2.75) is 64.5 Å². The first-order valence-electron chi connectivity index (χ1n) is 7.59. The Bertz CT molecular complexity index is 598. The highest BCUT2D eigenvalue weighted by molar-refractivity contribution is 7.91. The topological polar surface area (TPSA) is 95.9 Å². The van der Waals surface area contributed by atoms with E-state index < -0.39 is 44.8 Å². The largest absolute Gasteiger partial charge is 0.861 e. The Balaban J connectivity index is 2.81. The van der Waals surface area contributed by atoms with Crippen molar-refractivity contribution in [2.24, 2.45) is 15.7 Å². The van der Waals surface area contributed by atoms with Crippen LogP contribution in [-0.2, 0) is 19.6 Å². The molecule has 1 saturated carbocycles. The minimum Gasteiger partial charge on any atom is -0.861 e. The summed E-state index contributed by atoms with van der Waals surface area (Å²) in [6, 6.07) is 0. The molecule has 1 fully saturated rings. The van der Waals surface area contributed by atoms with Crippen LogP contribution >= 0.6 is 0 Å². The SMILES string of the molecule is CCC(C)(C)C(=O)OC1CCCC(/C([O-])=N/S(=O)(=O)C(F)(F)F)C1. The molecule has 0 spiro atoms. The van der Waals surface area contributed by atoms with Gasteiger partial charge in [-0.3, -0.25) is 4.79 Å². The molecule has 2 atom stereocenters. The molecule has 24 heavy (non-hydrogen) atoms. The van der Waals surface area contributed by atoms with Crippen molar-refractivity contribution in [1.82, 2.24) is 0 Å². The predicted molar refractivity (Wildman–Crippen MR) is 78.3 cm³/mol. The standard InChI is InChI=1S/C14H22F3NO5S/c1-4-13(2,3)12(20)23-10-7-5-6-9(8-10)11(19)18-24(21,22)14(15,16)17/h9-10H,4-8H2,1-3H3,(H,18,19)/p-1. The zero-order valence-corrected chi connectivity index (χ0v) is 14.5. The second kappa shape index (κ2) is 7.28. The number of hydrogen-bond donors (Lipinski definition) is 0. The van der Waals surface area contributed by atoms with E-state index in [0.29, 0.717) is 19.3 Å².